The van der Waals surface area contributed by atoms with Crippen LogP contribution in [-0.4, -0.2) is 69.6 Å². The van der Waals surface area contributed by atoms with Crippen molar-refractivity contribution in [2.75, 3.05) is 33.0 Å². The van der Waals surface area contributed by atoms with Crippen molar-refractivity contribution in [3.63, 3.8) is 0 Å². The number of aromatic nitrogens is 5. The highest BCUT2D eigenvalue weighted by Gasteiger charge is 2.25. The lowest BCUT2D eigenvalue weighted by atomic mass is 10.2. The molecule has 13 nitrogen and oxygen atoms in total. The van der Waals surface area contributed by atoms with Crippen LogP contribution in [0.15, 0.2) is 27.9 Å². The lowest BCUT2D eigenvalue weighted by molar-refractivity contribution is 0.0945. The quantitative estimate of drug-likeness (QED) is 0.340. The number of nitrogens with one attached hydrogen (secondary N) is 1. The molecule has 0 radical (unpaired) electrons. The number of nitrogens with zero attached hydrogens (tertiary/aromatic N) is 7. The highest BCUT2D eigenvalue weighted by Crippen LogP contribution is 2.26. The van der Waals surface area contributed by atoms with Gasteiger partial charge in [-0.3, -0.25) is 9.69 Å². The number of nitrogens with two attached hydrogens (primary N) is 1. The molecule has 0 saturated carbocycles. The van der Waals surface area contributed by atoms with Crippen LogP contribution in [0.25, 0.3) is 5.82 Å². The lowest BCUT2D eigenvalue weighted by Crippen LogP contribution is -2.27. The van der Waals surface area contributed by atoms with Gasteiger partial charge < -0.3 is 15.2 Å². The molecule has 1 aromatic carbocycles. The van der Waals surface area contributed by atoms with Gasteiger partial charge in [0, 0.05) is 6.54 Å². The predicted octanol–water partition coefficient (Wildman–Crippen LogP) is 0.855. The Kier molecular flexibility index (Phi) is 7.33. The monoisotopic (exact) mass is 443 g/mol. The van der Waals surface area contributed by atoms with Crippen molar-refractivity contribution in [3.8, 4) is 17.3 Å². The van der Waals surface area contributed by atoms with Crippen molar-refractivity contribution in [1.29, 1.82) is 0 Å². The van der Waals surface area contributed by atoms with E-state index in [1.54, 1.807) is 25.3 Å². The van der Waals surface area contributed by atoms with Gasteiger partial charge in [0.05, 0.1) is 20.4 Å². The maximum absolute atomic E-state index is 13.0. The second kappa shape index (κ2) is 10.3. The van der Waals surface area contributed by atoms with Crippen molar-refractivity contribution in [2.45, 2.75) is 20.4 Å². The predicted molar refractivity (Wildman–Crippen MR) is 115 cm³/mol. The molecule has 0 saturated heterocycles. The van der Waals surface area contributed by atoms with E-state index in [-0.39, 0.29) is 17.3 Å². The lowest BCUT2D eigenvalue weighted by Gasteiger charge is -2.16. The van der Waals surface area contributed by atoms with Gasteiger partial charge in [-0.25, -0.2) is 10.1 Å². The Bertz CT molecular complexity index is 1090. The first-order chi connectivity index (χ1) is 15.5. The fourth-order valence-electron chi connectivity index (χ4n) is 2.94. The molecule has 3 aromatic rings. The minimum Gasteiger partial charge on any atom is -0.493 e. The Morgan fingerprint density at radius 2 is 2.00 bits per heavy atom. The van der Waals surface area contributed by atoms with Gasteiger partial charge in [-0.1, -0.05) is 19.1 Å². The molecule has 3 N–H and O–H groups in total. The van der Waals surface area contributed by atoms with E-state index < -0.39 is 5.91 Å². The van der Waals surface area contributed by atoms with Crippen LogP contribution < -0.4 is 20.6 Å². The molecule has 3 rings (SSSR count). The Morgan fingerprint density at radius 1 is 1.25 bits per heavy atom. The summed E-state index contributed by atoms with van der Waals surface area (Å²) in [6.07, 6.45) is 1.48. The number of benzene rings is 1. The number of hydrogen-bond donors (Lipinski definition) is 2. The van der Waals surface area contributed by atoms with Gasteiger partial charge >= 0.3 is 0 Å². The summed E-state index contributed by atoms with van der Waals surface area (Å²) >= 11 is 0. The molecule has 0 aliphatic heterocycles. The topological polar surface area (TPSA) is 159 Å². The zero-order valence-electron chi connectivity index (χ0n) is 18.3. The fourth-order valence-corrected chi connectivity index (χ4v) is 2.94. The van der Waals surface area contributed by atoms with Crippen LogP contribution in [0, 0.1) is 0 Å². The molecule has 0 unspecified atom stereocenters. The average Bonchev–Trinajstić information content (AvgIpc) is 3.42. The normalized spacial score (nSPS) is 11.3. The van der Waals surface area contributed by atoms with E-state index in [4.69, 9.17) is 15.2 Å². The summed E-state index contributed by atoms with van der Waals surface area (Å²) in [5.74, 6) is 0.629. The van der Waals surface area contributed by atoms with Gasteiger partial charge in [0.1, 0.15) is 5.69 Å². The molecule has 1 amide bonds. The summed E-state index contributed by atoms with van der Waals surface area (Å²) < 4.78 is 16.3. The van der Waals surface area contributed by atoms with Gasteiger partial charge in [-0.15, -0.1) is 5.10 Å². The highest BCUT2D eigenvalue weighted by atomic mass is 16.6. The first-order valence-corrected chi connectivity index (χ1v) is 9.83. The highest BCUT2D eigenvalue weighted by molar-refractivity contribution is 5.95. The van der Waals surface area contributed by atoms with Crippen molar-refractivity contribution in [3.05, 3.63) is 35.2 Å². The Hall–Kier alpha value is -4.00. The number of nitrogen functional groups attached to an aromatic ring is 1. The number of anilines is 1. The molecule has 0 aliphatic carbocycles. The zero-order chi connectivity index (χ0) is 23.1. The smallest absolute Gasteiger partial charge is 0.292 e. The van der Waals surface area contributed by atoms with Gasteiger partial charge in [-0.2, -0.15) is 9.78 Å². The van der Waals surface area contributed by atoms with Crippen molar-refractivity contribution < 1.29 is 18.9 Å². The minimum atomic E-state index is -0.545. The van der Waals surface area contributed by atoms with Crippen molar-refractivity contribution in [2.24, 2.45) is 5.10 Å². The van der Waals surface area contributed by atoms with Crippen molar-refractivity contribution in [1.82, 2.24) is 35.6 Å². The number of hydrogen-bond acceptors (Lipinski definition) is 11. The maximum atomic E-state index is 13.0. The van der Waals surface area contributed by atoms with Crippen LogP contribution in [0.2, 0.25) is 0 Å². The van der Waals surface area contributed by atoms with E-state index in [1.807, 2.05) is 13.8 Å². The second-order valence-electron chi connectivity index (χ2n) is 6.54. The first-order valence-electron chi connectivity index (χ1n) is 9.83. The molecule has 2 heterocycles. The first kappa shape index (κ1) is 22.7. The van der Waals surface area contributed by atoms with Crippen molar-refractivity contribution >= 4 is 17.9 Å². The number of rotatable bonds is 10. The van der Waals surface area contributed by atoms with E-state index in [2.05, 4.69) is 40.7 Å². The molecular weight excluding hydrogens is 418 g/mol. The van der Waals surface area contributed by atoms with Crippen LogP contribution in [0.3, 0.4) is 0 Å². The summed E-state index contributed by atoms with van der Waals surface area (Å²) in [5.41, 5.74) is 9.54. The van der Waals surface area contributed by atoms with Crippen LogP contribution >= 0.6 is 0 Å². The minimum absolute atomic E-state index is 0.0211. The number of hydrazone groups is 1. The van der Waals surface area contributed by atoms with Gasteiger partial charge in [0.15, 0.2) is 17.2 Å². The van der Waals surface area contributed by atoms with Gasteiger partial charge in [-0.05, 0) is 47.2 Å². The van der Waals surface area contributed by atoms with E-state index in [9.17, 15) is 4.79 Å². The Labute approximate surface area is 184 Å². The van der Waals surface area contributed by atoms with Crippen LogP contribution in [0.5, 0.6) is 11.5 Å². The third-order valence-electron chi connectivity index (χ3n) is 4.71. The number of amides is 1. The summed E-state index contributed by atoms with van der Waals surface area (Å²) in [7, 11) is 3.09. The summed E-state index contributed by atoms with van der Waals surface area (Å²) in [4.78, 5) is 15.1. The van der Waals surface area contributed by atoms with Gasteiger partial charge in [0.25, 0.3) is 5.91 Å². The van der Waals surface area contributed by atoms with E-state index in [1.165, 1.54) is 18.0 Å². The van der Waals surface area contributed by atoms with Crippen LogP contribution in [0.4, 0.5) is 5.82 Å². The number of ether oxygens (including phenoxy) is 2. The third kappa shape index (κ3) is 4.83. The average molecular weight is 443 g/mol. The second-order valence-corrected chi connectivity index (χ2v) is 6.54. The molecule has 0 spiro atoms. The zero-order valence-corrected chi connectivity index (χ0v) is 18.3. The molecule has 170 valence electrons. The van der Waals surface area contributed by atoms with Gasteiger partial charge in [0.2, 0.25) is 11.6 Å². The number of methoxy groups -OCH3 is 2. The fraction of sp³-hybridized carbons (Fsp3) is 0.368. The van der Waals surface area contributed by atoms with Crippen LogP contribution in [0.1, 0.15) is 35.6 Å². The largest absolute Gasteiger partial charge is 0.493 e. The number of carbonyl (C=O) groups excluding carboxylic acids is 1. The molecule has 13 heteroatoms. The molecule has 0 aliphatic rings. The summed E-state index contributed by atoms with van der Waals surface area (Å²) in [5, 5.41) is 19.5. The van der Waals surface area contributed by atoms with Crippen LogP contribution in [-0.2, 0) is 6.54 Å². The Balaban J connectivity index is 1.86. The Morgan fingerprint density at radius 3 is 2.62 bits per heavy atom. The van der Waals surface area contributed by atoms with E-state index in [0.717, 1.165) is 13.1 Å². The molecule has 32 heavy (non-hydrogen) atoms. The molecule has 2 aromatic heterocycles. The molecular formula is C19H25N9O4. The molecule has 0 bridgehead atoms. The third-order valence-corrected chi connectivity index (χ3v) is 4.71. The van der Waals surface area contributed by atoms with E-state index in [0.29, 0.717) is 29.3 Å². The maximum Gasteiger partial charge on any atom is 0.292 e. The SMILES string of the molecule is CCN(CC)Cc1nnn(-c2nonc2N)c1C(=O)N/N=C/c1ccc(OC)c(OC)c1. The molecule has 0 atom stereocenters. The van der Waals surface area contributed by atoms with E-state index >= 15 is 0 Å². The molecule has 0 fully saturated rings. The summed E-state index contributed by atoms with van der Waals surface area (Å²) in [6, 6.07) is 5.24. The standard InChI is InChI=1S/C19H25N9O4/c1-5-27(6-2)11-13-16(28(26-22-13)18-17(20)24-32-25-18)19(29)23-21-10-12-7-8-14(30-3)15(9-12)31-4/h7-10H,5-6,11H2,1-4H3,(H2,20,24)(H,23,29)/b21-10+. The number of carbonyl (C=O) groups is 1. The summed E-state index contributed by atoms with van der Waals surface area (Å²) in [6.45, 7) is 5.98.